The summed E-state index contributed by atoms with van der Waals surface area (Å²) < 4.78 is 15.7. The van der Waals surface area contributed by atoms with Crippen molar-refractivity contribution in [2.75, 3.05) is 6.26 Å². The molecule has 0 spiro atoms. The lowest BCUT2D eigenvalue weighted by Crippen LogP contribution is -2.15. The number of hydrogen-bond acceptors (Lipinski definition) is 2. The van der Waals surface area contributed by atoms with E-state index in [-0.39, 0.29) is 0 Å². The Morgan fingerprint density at radius 2 is 1.89 bits per heavy atom. The number of rotatable bonds is 4. The first-order valence-electron chi connectivity index (χ1n) is 3.21. The largest absolute Gasteiger partial charge is 0.479 e. The zero-order chi connectivity index (χ0) is 7.28. The Balaban J connectivity index is 3.43. The third-order valence-corrected chi connectivity index (χ3v) is 5.18. The summed E-state index contributed by atoms with van der Waals surface area (Å²) >= 11 is -2.08. The third-order valence-electron chi connectivity index (χ3n) is 1.18. The average molecular weight is 164 g/mol. The normalized spacial score (nSPS) is 13.2. The maximum Gasteiger partial charge on any atom is 0.479 e. The van der Waals surface area contributed by atoms with Crippen molar-refractivity contribution in [2.45, 2.75) is 24.4 Å². The maximum absolute atomic E-state index is 10.5. The van der Waals surface area contributed by atoms with Crippen molar-refractivity contribution in [1.82, 2.24) is 0 Å². The Hall–Kier alpha value is 0.642. The summed E-state index contributed by atoms with van der Waals surface area (Å²) in [6.07, 6.45) is 1.59. The summed E-state index contributed by atoms with van der Waals surface area (Å²) in [5, 5.41) is 2.16. The number of hydrogen-bond donors (Lipinski definition) is 0. The van der Waals surface area contributed by atoms with Crippen LogP contribution in [0.5, 0.6) is 0 Å². The Morgan fingerprint density at radius 1 is 1.44 bits per heavy atom. The molecule has 9 heavy (non-hydrogen) atoms. The monoisotopic (exact) mass is 164 g/mol. The Kier molecular flexibility index (Phi) is 5.82. The molecule has 0 aliphatic carbocycles. The van der Waals surface area contributed by atoms with E-state index in [4.69, 9.17) is 3.23 Å². The second-order valence-corrected chi connectivity index (χ2v) is 6.39. The summed E-state index contributed by atoms with van der Waals surface area (Å²) in [6, 6.07) is 0. The molecule has 0 amide bonds. The molecule has 0 aliphatic heterocycles. The van der Waals surface area contributed by atoms with Crippen molar-refractivity contribution in [3.63, 3.8) is 0 Å². The highest BCUT2D eigenvalue weighted by Gasteiger charge is 2.16. The van der Waals surface area contributed by atoms with Crippen molar-refractivity contribution in [1.29, 1.82) is 0 Å². The Bertz CT molecular complexity index is 93.0. The highest BCUT2D eigenvalue weighted by molar-refractivity contribution is 7.80. The van der Waals surface area contributed by atoms with E-state index in [9.17, 15) is 4.21 Å². The van der Waals surface area contributed by atoms with Crippen LogP contribution in [0.25, 0.3) is 0 Å². The lowest BCUT2D eigenvalue weighted by molar-refractivity contribution is 0.574. The quantitative estimate of drug-likeness (QED) is 0.586. The van der Waals surface area contributed by atoms with Gasteiger partial charge in [0, 0.05) is 6.26 Å². The molecule has 0 aromatic heterocycles. The molecular weight excluding hydrogens is 151 g/mol. The molecule has 4 heteroatoms. The van der Waals surface area contributed by atoms with Crippen LogP contribution < -0.4 is 0 Å². The molecule has 0 bridgehead atoms. The third kappa shape index (κ3) is 5.11. The average Bonchev–Trinajstić information content (AvgIpc) is 1.82. The standard InChI is InChI=1S/2C2H5.CH4O2S.Al/c2*1-2;1-4(2)3;/h2*1H2,2H3;1H3,(H,2,3);/q;;;+1/p-1. The van der Waals surface area contributed by atoms with E-state index in [0.29, 0.717) is 0 Å². The van der Waals surface area contributed by atoms with Crippen LogP contribution in [0.15, 0.2) is 0 Å². The summed E-state index contributed by atoms with van der Waals surface area (Å²) in [4.78, 5) is 0. The smallest absolute Gasteiger partial charge is 0.417 e. The molecule has 1 unspecified atom stereocenters. The topological polar surface area (TPSA) is 26.3 Å². The molecule has 0 saturated heterocycles. The summed E-state index contributed by atoms with van der Waals surface area (Å²) in [5.41, 5.74) is 0. The van der Waals surface area contributed by atoms with Crippen LogP contribution >= 0.6 is 0 Å². The lowest BCUT2D eigenvalue weighted by Gasteiger charge is -2.03. The van der Waals surface area contributed by atoms with E-state index in [1.54, 1.807) is 6.26 Å². The summed E-state index contributed by atoms with van der Waals surface area (Å²) in [6.45, 7) is 4.18. The summed E-state index contributed by atoms with van der Waals surface area (Å²) in [5.74, 6) is 0. The predicted molar refractivity (Wildman–Crippen MR) is 41.9 cm³/mol. The van der Waals surface area contributed by atoms with Gasteiger partial charge in [0.15, 0.2) is 0 Å². The van der Waals surface area contributed by atoms with Crippen molar-refractivity contribution >= 4 is 25.6 Å². The first-order valence-corrected chi connectivity index (χ1v) is 6.80. The SMILES string of the molecule is C[CH2][Al]([CH2]C)[O]S(C)=O. The van der Waals surface area contributed by atoms with Crippen molar-refractivity contribution < 1.29 is 7.44 Å². The predicted octanol–water partition coefficient (Wildman–Crippen LogP) is 1.33. The zero-order valence-corrected chi connectivity index (χ0v) is 8.19. The maximum atomic E-state index is 10.5. The van der Waals surface area contributed by atoms with E-state index < -0.39 is 25.6 Å². The van der Waals surface area contributed by atoms with E-state index in [1.165, 1.54) is 0 Å². The van der Waals surface area contributed by atoms with E-state index in [2.05, 4.69) is 13.8 Å². The van der Waals surface area contributed by atoms with Gasteiger partial charge < -0.3 is 3.23 Å². The van der Waals surface area contributed by atoms with Gasteiger partial charge in [0.2, 0.25) is 0 Å². The van der Waals surface area contributed by atoms with E-state index in [0.717, 1.165) is 10.6 Å². The second kappa shape index (κ2) is 5.43. The van der Waals surface area contributed by atoms with Crippen molar-refractivity contribution in [3.8, 4) is 0 Å². The minimum atomic E-state index is -1.05. The molecule has 0 heterocycles. The van der Waals surface area contributed by atoms with Crippen LogP contribution in [0, 0.1) is 0 Å². The van der Waals surface area contributed by atoms with E-state index >= 15 is 0 Å². The molecule has 2 nitrogen and oxygen atoms in total. The molecule has 0 radical (unpaired) electrons. The molecule has 0 aliphatic rings. The van der Waals surface area contributed by atoms with Crippen LogP contribution in [0.4, 0.5) is 0 Å². The van der Waals surface area contributed by atoms with E-state index in [1.807, 2.05) is 0 Å². The van der Waals surface area contributed by atoms with Gasteiger partial charge in [-0.25, -0.2) is 4.21 Å². The lowest BCUT2D eigenvalue weighted by atomic mass is 10.9. The minimum absolute atomic E-state index is 1.03. The van der Waals surface area contributed by atoms with Crippen LogP contribution in [0.2, 0.25) is 10.6 Å². The highest BCUT2D eigenvalue weighted by atomic mass is 32.2. The first kappa shape index (κ1) is 9.64. The minimum Gasteiger partial charge on any atom is -0.417 e. The van der Waals surface area contributed by atoms with Crippen LogP contribution in [-0.2, 0) is 14.3 Å². The van der Waals surface area contributed by atoms with Gasteiger partial charge in [-0.3, -0.25) is 0 Å². The van der Waals surface area contributed by atoms with Gasteiger partial charge in [-0.2, -0.15) is 0 Å². The second-order valence-electron chi connectivity index (χ2n) is 1.94. The molecule has 0 rings (SSSR count). The van der Waals surface area contributed by atoms with Gasteiger partial charge in [-0.15, -0.1) is 0 Å². The molecule has 0 aromatic rings. The fourth-order valence-electron chi connectivity index (χ4n) is 0.616. The van der Waals surface area contributed by atoms with Gasteiger partial charge in [0.1, 0.15) is 11.1 Å². The molecular formula is C5H13AlO2S. The van der Waals surface area contributed by atoms with Gasteiger partial charge in [0.25, 0.3) is 0 Å². The Labute approximate surface area is 64.0 Å². The molecule has 0 fully saturated rings. The van der Waals surface area contributed by atoms with Gasteiger partial charge in [0.05, 0.1) is 0 Å². The molecule has 1 atom stereocenters. The molecule has 0 aromatic carbocycles. The van der Waals surface area contributed by atoms with Gasteiger partial charge >= 0.3 is 14.5 Å². The van der Waals surface area contributed by atoms with Crippen LogP contribution in [0.3, 0.4) is 0 Å². The van der Waals surface area contributed by atoms with Crippen molar-refractivity contribution in [3.05, 3.63) is 0 Å². The van der Waals surface area contributed by atoms with Gasteiger partial charge in [-0.05, 0) is 0 Å². The van der Waals surface area contributed by atoms with Crippen molar-refractivity contribution in [2.24, 2.45) is 0 Å². The first-order chi connectivity index (χ1) is 4.20. The zero-order valence-electron chi connectivity index (χ0n) is 6.22. The van der Waals surface area contributed by atoms with Gasteiger partial charge in [-0.1, -0.05) is 24.4 Å². The van der Waals surface area contributed by atoms with Crippen LogP contribution in [-0.4, -0.2) is 24.9 Å². The highest BCUT2D eigenvalue weighted by Crippen LogP contribution is 2.00. The van der Waals surface area contributed by atoms with Crippen LogP contribution in [0.1, 0.15) is 13.8 Å². The fraction of sp³-hybridized carbons (Fsp3) is 1.00. The molecule has 0 N–H and O–H groups in total. The summed E-state index contributed by atoms with van der Waals surface area (Å²) in [7, 11) is 0. The fourth-order valence-corrected chi connectivity index (χ4v) is 3.82. The molecule has 54 valence electrons. The molecule has 0 saturated carbocycles. The Morgan fingerprint density at radius 3 is 2.00 bits per heavy atom.